The van der Waals surface area contributed by atoms with Gasteiger partial charge in [0, 0.05) is 13.1 Å². The normalized spacial score (nSPS) is 31.9. The molecular weight excluding hydrogens is 496 g/mol. The van der Waals surface area contributed by atoms with E-state index in [4.69, 9.17) is 9.47 Å². The van der Waals surface area contributed by atoms with Gasteiger partial charge in [-0.15, -0.1) is 13.2 Å². The number of hydrogen-bond acceptors (Lipinski definition) is 6. The van der Waals surface area contributed by atoms with Crippen LogP contribution in [0.2, 0.25) is 0 Å². The number of nitrogens with zero attached hydrogens (tertiary/aromatic N) is 2. The van der Waals surface area contributed by atoms with Gasteiger partial charge in [0.25, 0.3) is 0 Å². The topological polar surface area (TPSA) is 96.4 Å². The standard InChI is InChI=1S/C31H50N2O6/c1-8-11-13-14-17-38-29(37)25-24-27(35)33(23(20-34)18-21(4)5)26(28(36)32(15-10-3)16-12-9-2)31(24)19-22(6)30(25,7)39-31/h8,10,21-26,34H,1,3,9,11-20H2,2,4-7H3/t22?,23-,24+,25-,26?,30+,31?/m1/s1. The summed E-state index contributed by atoms with van der Waals surface area (Å²) >= 11 is 0. The summed E-state index contributed by atoms with van der Waals surface area (Å²) in [5.41, 5.74) is -2.06. The Balaban J connectivity index is 2.05. The molecule has 8 nitrogen and oxygen atoms in total. The van der Waals surface area contributed by atoms with Crippen molar-refractivity contribution in [3.05, 3.63) is 25.3 Å². The number of allylic oxidation sites excluding steroid dienone is 1. The third kappa shape index (κ3) is 5.69. The number of fused-ring (bicyclic) bond motifs is 1. The zero-order chi connectivity index (χ0) is 29.0. The van der Waals surface area contributed by atoms with Crippen LogP contribution in [0.15, 0.2) is 25.3 Å². The van der Waals surface area contributed by atoms with E-state index in [9.17, 15) is 19.5 Å². The lowest BCUT2D eigenvalue weighted by Crippen LogP contribution is -2.59. The predicted molar refractivity (Wildman–Crippen MR) is 151 cm³/mol. The number of esters is 1. The molecule has 3 unspecified atom stereocenters. The summed E-state index contributed by atoms with van der Waals surface area (Å²) in [7, 11) is 0. The number of unbranched alkanes of at least 4 members (excludes halogenated alkanes) is 3. The molecule has 2 amide bonds. The van der Waals surface area contributed by atoms with Crippen molar-refractivity contribution in [2.24, 2.45) is 23.7 Å². The van der Waals surface area contributed by atoms with E-state index in [1.54, 1.807) is 15.9 Å². The van der Waals surface area contributed by atoms with Crippen molar-refractivity contribution in [2.45, 2.75) is 103 Å². The van der Waals surface area contributed by atoms with Gasteiger partial charge in [-0.3, -0.25) is 14.4 Å². The van der Waals surface area contributed by atoms with Gasteiger partial charge in [0.05, 0.1) is 30.8 Å². The Morgan fingerprint density at radius 2 is 1.97 bits per heavy atom. The van der Waals surface area contributed by atoms with Crippen molar-refractivity contribution in [1.82, 2.24) is 9.80 Å². The summed E-state index contributed by atoms with van der Waals surface area (Å²) in [6.45, 7) is 18.5. The minimum atomic E-state index is -1.15. The Morgan fingerprint density at radius 3 is 2.56 bits per heavy atom. The van der Waals surface area contributed by atoms with E-state index < -0.39 is 41.1 Å². The molecule has 7 atom stereocenters. The average molecular weight is 547 g/mol. The average Bonchev–Trinajstić information content (AvgIpc) is 3.41. The Morgan fingerprint density at radius 1 is 1.26 bits per heavy atom. The van der Waals surface area contributed by atoms with Gasteiger partial charge in [-0.25, -0.2) is 0 Å². The van der Waals surface area contributed by atoms with Gasteiger partial charge < -0.3 is 24.4 Å². The second kappa shape index (κ2) is 13.0. The third-order valence-corrected chi connectivity index (χ3v) is 9.08. The number of aliphatic hydroxyl groups is 1. The fourth-order valence-corrected chi connectivity index (χ4v) is 7.15. The molecule has 39 heavy (non-hydrogen) atoms. The smallest absolute Gasteiger partial charge is 0.312 e. The molecular formula is C31H50N2O6. The summed E-state index contributed by atoms with van der Waals surface area (Å²) in [5.74, 6) is -2.42. The molecule has 0 saturated carbocycles. The van der Waals surface area contributed by atoms with Crippen LogP contribution in [-0.4, -0.2) is 82.3 Å². The van der Waals surface area contributed by atoms with Crippen LogP contribution in [0.3, 0.4) is 0 Å². The maximum Gasteiger partial charge on any atom is 0.312 e. The van der Waals surface area contributed by atoms with E-state index in [2.05, 4.69) is 20.1 Å². The van der Waals surface area contributed by atoms with Crippen LogP contribution < -0.4 is 0 Å². The molecule has 3 rings (SSSR count). The minimum absolute atomic E-state index is 0.0590. The highest BCUT2D eigenvalue weighted by Gasteiger charge is 2.80. The van der Waals surface area contributed by atoms with E-state index in [1.807, 2.05) is 33.8 Å². The molecule has 1 N–H and O–H groups in total. The zero-order valence-corrected chi connectivity index (χ0v) is 24.7. The van der Waals surface area contributed by atoms with Crippen LogP contribution in [-0.2, 0) is 23.9 Å². The van der Waals surface area contributed by atoms with Gasteiger partial charge in [-0.1, -0.05) is 46.3 Å². The molecule has 3 aliphatic rings. The Hall–Kier alpha value is -2.19. The summed E-state index contributed by atoms with van der Waals surface area (Å²) in [5, 5.41) is 10.5. The predicted octanol–water partition coefficient (Wildman–Crippen LogP) is 4.12. The molecule has 8 heteroatoms. The third-order valence-electron chi connectivity index (χ3n) is 9.08. The summed E-state index contributed by atoms with van der Waals surface area (Å²) in [6.07, 6.45) is 8.73. The van der Waals surface area contributed by atoms with Crippen molar-refractivity contribution in [3.63, 3.8) is 0 Å². The van der Waals surface area contributed by atoms with E-state index in [1.165, 1.54) is 0 Å². The van der Waals surface area contributed by atoms with Crippen LogP contribution in [0.4, 0.5) is 0 Å². The first-order chi connectivity index (χ1) is 18.5. The van der Waals surface area contributed by atoms with Crippen molar-refractivity contribution in [3.8, 4) is 0 Å². The Bertz CT molecular complexity index is 921. The van der Waals surface area contributed by atoms with Crippen LogP contribution in [0.25, 0.3) is 0 Å². The number of carbonyl (C=O) groups is 3. The van der Waals surface area contributed by atoms with E-state index in [0.717, 1.165) is 25.7 Å². The van der Waals surface area contributed by atoms with Crippen LogP contribution in [0, 0.1) is 23.7 Å². The van der Waals surface area contributed by atoms with Crippen molar-refractivity contribution < 1.29 is 29.0 Å². The molecule has 3 fully saturated rings. The molecule has 2 bridgehead atoms. The first-order valence-electron chi connectivity index (χ1n) is 14.8. The maximum absolute atomic E-state index is 14.4. The summed E-state index contributed by atoms with van der Waals surface area (Å²) in [6, 6.07) is -1.47. The quantitative estimate of drug-likeness (QED) is 0.178. The van der Waals surface area contributed by atoms with Gasteiger partial charge in [-0.05, 0) is 57.3 Å². The highest BCUT2D eigenvalue weighted by atomic mass is 16.6. The SMILES string of the molecule is C=CCCCCOC(=O)[C@H]1[C@H]2C(=O)N([C@@H](CO)CC(C)C)C(C(=O)N(CC=C)CCCC)C23CC(C)[C@]1(C)O3. The largest absolute Gasteiger partial charge is 0.465 e. The highest BCUT2D eigenvalue weighted by Crippen LogP contribution is 2.65. The number of amides is 2. The monoisotopic (exact) mass is 546 g/mol. The van der Waals surface area contributed by atoms with Crippen molar-refractivity contribution >= 4 is 17.8 Å². The minimum Gasteiger partial charge on any atom is -0.465 e. The number of rotatable bonds is 16. The number of likely N-dealkylation sites (tertiary alicyclic amines) is 1. The fraction of sp³-hybridized carbons (Fsp3) is 0.774. The van der Waals surface area contributed by atoms with Gasteiger partial charge in [0.15, 0.2) is 0 Å². The lowest BCUT2D eigenvalue weighted by atomic mass is 9.62. The molecule has 3 aliphatic heterocycles. The van der Waals surface area contributed by atoms with Crippen molar-refractivity contribution in [2.75, 3.05) is 26.3 Å². The first kappa shape index (κ1) is 31.3. The molecule has 220 valence electrons. The fourth-order valence-electron chi connectivity index (χ4n) is 7.15. The first-order valence-corrected chi connectivity index (χ1v) is 14.8. The van der Waals surface area contributed by atoms with E-state index in [-0.39, 0.29) is 36.9 Å². The van der Waals surface area contributed by atoms with Crippen molar-refractivity contribution in [1.29, 1.82) is 0 Å². The van der Waals surface area contributed by atoms with Crippen LogP contribution in [0.1, 0.15) is 79.6 Å². The molecule has 0 aromatic carbocycles. The van der Waals surface area contributed by atoms with E-state index >= 15 is 0 Å². The second-order valence-electron chi connectivity index (χ2n) is 12.3. The maximum atomic E-state index is 14.4. The molecule has 0 aromatic rings. The molecule has 0 aliphatic carbocycles. The lowest BCUT2D eigenvalue weighted by molar-refractivity contribution is -0.164. The number of carbonyl (C=O) groups excluding carboxylic acids is 3. The molecule has 0 radical (unpaired) electrons. The van der Waals surface area contributed by atoms with Gasteiger partial charge in [-0.2, -0.15) is 0 Å². The Kier molecular flexibility index (Phi) is 10.4. The molecule has 1 spiro atoms. The Labute approximate surface area is 234 Å². The molecule has 0 aromatic heterocycles. The van der Waals surface area contributed by atoms with Gasteiger partial charge in [0.2, 0.25) is 11.8 Å². The number of aliphatic hydroxyl groups excluding tert-OH is 1. The highest BCUT2D eigenvalue weighted by molar-refractivity contribution is 5.98. The van der Waals surface area contributed by atoms with E-state index in [0.29, 0.717) is 32.4 Å². The summed E-state index contributed by atoms with van der Waals surface area (Å²) < 4.78 is 12.5. The lowest BCUT2D eigenvalue weighted by Gasteiger charge is -2.40. The number of hydrogen-bond donors (Lipinski definition) is 1. The second-order valence-corrected chi connectivity index (χ2v) is 12.3. The van der Waals surface area contributed by atoms with Gasteiger partial charge in [0.1, 0.15) is 17.6 Å². The van der Waals surface area contributed by atoms with Gasteiger partial charge >= 0.3 is 5.97 Å². The molecule has 3 heterocycles. The zero-order valence-electron chi connectivity index (χ0n) is 24.7. The van der Waals surface area contributed by atoms with Crippen LogP contribution in [0.5, 0.6) is 0 Å². The molecule has 3 saturated heterocycles. The summed E-state index contributed by atoms with van der Waals surface area (Å²) in [4.78, 5) is 45.7. The van der Waals surface area contributed by atoms with Crippen LogP contribution >= 0.6 is 0 Å². The number of ether oxygens (including phenoxy) is 2.